The van der Waals surface area contributed by atoms with Crippen LogP contribution in [0.5, 0.6) is 0 Å². The van der Waals surface area contributed by atoms with Gasteiger partial charge < -0.3 is 10.2 Å². The first kappa shape index (κ1) is 24.0. The highest BCUT2D eigenvalue weighted by atomic mass is 19.3. The summed E-state index contributed by atoms with van der Waals surface area (Å²) in [6.07, 6.45) is -0.720. The highest BCUT2D eigenvalue weighted by Gasteiger charge is 2.45. The van der Waals surface area contributed by atoms with E-state index in [0.29, 0.717) is 16.9 Å². The quantitative estimate of drug-likeness (QED) is 0.584. The lowest BCUT2D eigenvalue weighted by molar-refractivity contribution is -0.130. The molecule has 1 saturated heterocycles. The summed E-state index contributed by atoms with van der Waals surface area (Å²) in [5, 5.41) is 11.7. The Morgan fingerprint density at radius 3 is 2.66 bits per heavy atom. The summed E-state index contributed by atoms with van der Waals surface area (Å²) >= 11 is 0. The van der Waals surface area contributed by atoms with E-state index in [2.05, 4.69) is 10.3 Å². The van der Waals surface area contributed by atoms with Crippen molar-refractivity contribution < 1.29 is 22.8 Å². The van der Waals surface area contributed by atoms with Crippen LogP contribution in [0.1, 0.15) is 28.0 Å². The zero-order chi connectivity index (χ0) is 25.2. The average Bonchev–Trinajstić information content (AvgIpc) is 2.83. The number of hydrogen-bond donors (Lipinski definition) is 1. The Balaban J connectivity index is 1.58. The van der Waals surface area contributed by atoms with Crippen LogP contribution in [0, 0.1) is 30.0 Å². The van der Waals surface area contributed by atoms with Crippen LogP contribution in [-0.2, 0) is 4.79 Å². The highest BCUT2D eigenvalue weighted by molar-refractivity contribution is 5.97. The molecule has 9 heteroatoms. The van der Waals surface area contributed by atoms with Crippen molar-refractivity contribution in [1.29, 1.82) is 5.26 Å². The largest absolute Gasteiger partial charge is 0.332 e. The van der Waals surface area contributed by atoms with Gasteiger partial charge in [0.1, 0.15) is 17.6 Å². The fourth-order valence-electron chi connectivity index (χ4n) is 4.07. The van der Waals surface area contributed by atoms with Crippen molar-refractivity contribution in [3.63, 3.8) is 0 Å². The van der Waals surface area contributed by atoms with Crippen LogP contribution < -0.4 is 5.32 Å². The second-order valence-electron chi connectivity index (χ2n) is 8.52. The third-order valence-electron chi connectivity index (χ3n) is 5.71. The molecular formula is C26H21F3N4O2. The maximum atomic E-state index is 14.6. The second kappa shape index (κ2) is 9.58. The number of anilines is 1. The summed E-state index contributed by atoms with van der Waals surface area (Å²) in [7, 11) is 0. The minimum Gasteiger partial charge on any atom is -0.332 e. The third-order valence-corrected chi connectivity index (χ3v) is 5.71. The summed E-state index contributed by atoms with van der Waals surface area (Å²) in [6.45, 7) is 0.628. The van der Waals surface area contributed by atoms with Crippen LogP contribution in [0.4, 0.5) is 18.9 Å². The molecule has 2 heterocycles. The molecule has 0 aliphatic carbocycles. The fourth-order valence-corrected chi connectivity index (χ4v) is 4.07. The minimum absolute atomic E-state index is 0.137. The van der Waals surface area contributed by atoms with Crippen molar-refractivity contribution in [3.8, 4) is 17.3 Å². The van der Waals surface area contributed by atoms with Gasteiger partial charge >= 0.3 is 0 Å². The molecule has 1 unspecified atom stereocenters. The van der Waals surface area contributed by atoms with E-state index in [1.165, 1.54) is 18.2 Å². The first-order chi connectivity index (χ1) is 16.6. The topological polar surface area (TPSA) is 86.1 Å². The number of halogens is 3. The number of hydrogen-bond acceptors (Lipinski definition) is 4. The second-order valence-corrected chi connectivity index (χ2v) is 8.52. The number of nitrogens with zero attached hydrogens (tertiary/aromatic N) is 3. The molecule has 178 valence electrons. The maximum absolute atomic E-state index is 14.6. The molecule has 0 saturated carbocycles. The maximum Gasteiger partial charge on any atom is 0.266 e. The number of piperidine rings is 1. The number of aryl methyl sites for hydroxylation is 1. The molecule has 1 atom stereocenters. The average molecular weight is 478 g/mol. The summed E-state index contributed by atoms with van der Waals surface area (Å²) in [4.78, 5) is 30.8. The van der Waals surface area contributed by atoms with Crippen LogP contribution in [0.2, 0.25) is 0 Å². The fraction of sp³-hybridized carbons (Fsp3) is 0.231. The summed E-state index contributed by atoms with van der Waals surface area (Å²) < 4.78 is 43.8. The Labute approximate surface area is 200 Å². The number of aromatic nitrogens is 1. The summed E-state index contributed by atoms with van der Waals surface area (Å²) in [5.74, 6) is -6.97. The normalized spacial score (nSPS) is 16.9. The zero-order valence-corrected chi connectivity index (χ0v) is 18.8. The third kappa shape index (κ3) is 5.49. The number of amides is 2. The van der Waals surface area contributed by atoms with Crippen LogP contribution in [0.25, 0.3) is 11.3 Å². The number of rotatable bonds is 4. The Kier molecular flexibility index (Phi) is 6.56. The van der Waals surface area contributed by atoms with E-state index >= 15 is 0 Å². The molecule has 2 aromatic carbocycles. The smallest absolute Gasteiger partial charge is 0.266 e. The lowest BCUT2D eigenvalue weighted by atomic mass is 9.93. The number of nitrogens with one attached hydrogen (secondary N) is 1. The van der Waals surface area contributed by atoms with Crippen molar-refractivity contribution in [1.82, 2.24) is 9.88 Å². The number of pyridine rings is 1. The molecule has 1 aliphatic heterocycles. The van der Waals surface area contributed by atoms with E-state index in [4.69, 9.17) is 5.26 Å². The van der Waals surface area contributed by atoms with E-state index in [1.807, 2.05) is 19.1 Å². The molecule has 0 spiro atoms. The molecule has 0 radical (unpaired) electrons. The zero-order valence-electron chi connectivity index (χ0n) is 18.8. The molecule has 3 aromatic rings. The van der Waals surface area contributed by atoms with Gasteiger partial charge in [-0.25, -0.2) is 18.2 Å². The Morgan fingerprint density at radius 1 is 1.14 bits per heavy atom. The predicted molar refractivity (Wildman–Crippen MR) is 123 cm³/mol. The van der Waals surface area contributed by atoms with Crippen molar-refractivity contribution in [3.05, 3.63) is 83.3 Å². The summed E-state index contributed by atoms with van der Waals surface area (Å²) in [6, 6.07) is 17.1. The van der Waals surface area contributed by atoms with E-state index in [0.717, 1.165) is 16.5 Å². The molecule has 0 bridgehead atoms. The molecule has 1 N–H and O–H groups in total. The minimum atomic E-state index is -3.32. The lowest BCUT2D eigenvalue weighted by Crippen LogP contribution is -2.52. The van der Waals surface area contributed by atoms with Crippen molar-refractivity contribution >= 4 is 17.5 Å². The van der Waals surface area contributed by atoms with E-state index in [1.54, 1.807) is 30.3 Å². The van der Waals surface area contributed by atoms with Gasteiger partial charge in [0.15, 0.2) is 0 Å². The van der Waals surface area contributed by atoms with Crippen molar-refractivity contribution in [2.45, 2.75) is 19.3 Å². The Hall–Kier alpha value is -4.19. The van der Waals surface area contributed by atoms with Gasteiger partial charge in [0.2, 0.25) is 5.91 Å². The van der Waals surface area contributed by atoms with Crippen LogP contribution in [0.15, 0.2) is 60.7 Å². The van der Waals surface area contributed by atoms with Crippen LogP contribution in [-0.4, -0.2) is 40.7 Å². The number of benzene rings is 2. The van der Waals surface area contributed by atoms with Crippen molar-refractivity contribution in [2.24, 2.45) is 5.92 Å². The molecular weight excluding hydrogens is 457 g/mol. The van der Waals surface area contributed by atoms with E-state index in [-0.39, 0.29) is 12.2 Å². The van der Waals surface area contributed by atoms with Gasteiger partial charge in [0, 0.05) is 24.2 Å². The molecule has 35 heavy (non-hydrogen) atoms. The van der Waals surface area contributed by atoms with Crippen LogP contribution >= 0.6 is 0 Å². The lowest BCUT2D eigenvalue weighted by Gasteiger charge is -2.37. The van der Waals surface area contributed by atoms with Gasteiger partial charge in [0.25, 0.3) is 11.8 Å². The van der Waals surface area contributed by atoms with Gasteiger partial charge in [-0.3, -0.25) is 9.59 Å². The summed E-state index contributed by atoms with van der Waals surface area (Å²) in [5.41, 5.74) is 1.76. The number of carbonyl (C=O) groups is 2. The number of carbonyl (C=O) groups excluding carboxylic acids is 2. The Bertz CT molecular complexity index is 1340. The molecule has 1 aliphatic rings. The van der Waals surface area contributed by atoms with Gasteiger partial charge in [-0.2, -0.15) is 5.26 Å². The van der Waals surface area contributed by atoms with Gasteiger partial charge in [-0.05, 0) is 55.0 Å². The standard InChI is InChI=1S/C26H21F3N4O2/c1-16-4-2-5-19(10-16)32-24(34)18-12-26(28,29)15-33(14-18)25(35)21-11-17(8-9-22(21)27)23-7-3-6-20(13-30)31-23/h2-11,18H,12,14-15H2,1H3,(H,32,34). The van der Waals surface area contributed by atoms with Crippen molar-refractivity contribution in [2.75, 3.05) is 18.4 Å². The van der Waals surface area contributed by atoms with Gasteiger partial charge in [-0.1, -0.05) is 18.2 Å². The van der Waals surface area contributed by atoms with E-state index < -0.39 is 48.0 Å². The number of likely N-dealkylation sites (tertiary alicyclic amines) is 1. The predicted octanol–water partition coefficient (Wildman–Crippen LogP) is 4.80. The highest BCUT2D eigenvalue weighted by Crippen LogP contribution is 2.33. The monoisotopic (exact) mass is 478 g/mol. The van der Waals surface area contributed by atoms with Gasteiger partial charge in [-0.15, -0.1) is 0 Å². The molecule has 4 rings (SSSR count). The van der Waals surface area contributed by atoms with Gasteiger partial charge in [0.05, 0.1) is 23.7 Å². The molecule has 2 amide bonds. The number of alkyl halides is 2. The molecule has 1 fully saturated rings. The molecule has 1 aromatic heterocycles. The van der Waals surface area contributed by atoms with E-state index in [9.17, 15) is 22.8 Å². The number of nitriles is 1. The first-order valence-corrected chi connectivity index (χ1v) is 10.9. The van der Waals surface area contributed by atoms with Crippen LogP contribution in [0.3, 0.4) is 0 Å². The molecule has 6 nitrogen and oxygen atoms in total. The first-order valence-electron chi connectivity index (χ1n) is 10.9. The Morgan fingerprint density at radius 2 is 1.91 bits per heavy atom. The SMILES string of the molecule is Cc1cccc(NC(=O)C2CN(C(=O)c3cc(-c4cccc(C#N)n4)ccc3F)CC(F)(F)C2)c1.